The summed E-state index contributed by atoms with van der Waals surface area (Å²) in [5, 5.41) is -0.151. The van der Waals surface area contributed by atoms with Gasteiger partial charge in [-0.2, -0.15) is 0 Å². The van der Waals surface area contributed by atoms with Gasteiger partial charge in [-0.1, -0.05) is 129 Å². The third kappa shape index (κ3) is 20.3. The standard InChI is InChI=1S/C24H47ClO/c1-3-5-7-9-11-13-15-17-19-23(21-22-24(25)26)20-18-16-14-12-10-8-6-4-2/h23H,3-22H2,1-2H3. The predicted octanol–water partition coefficient (Wildman–Crippen LogP) is 9.21. The molecule has 0 aromatic heterocycles. The Hall–Kier alpha value is -0.0400. The SMILES string of the molecule is CCCCCCCCCCC(CCCCCCCCCC)CCC(=O)Cl. The molecule has 2 heteroatoms. The van der Waals surface area contributed by atoms with Crippen LogP contribution in [0, 0.1) is 5.92 Å². The summed E-state index contributed by atoms with van der Waals surface area (Å²) in [6, 6.07) is 0. The zero-order valence-electron chi connectivity index (χ0n) is 18.0. The van der Waals surface area contributed by atoms with Crippen LogP contribution in [0.5, 0.6) is 0 Å². The fourth-order valence-electron chi connectivity index (χ4n) is 3.88. The third-order valence-electron chi connectivity index (χ3n) is 5.68. The summed E-state index contributed by atoms with van der Waals surface area (Å²) < 4.78 is 0. The first-order chi connectivity index (χ1) is 12.7. The van der Waals surface area contributed by atoms with Crippen LogP contribution in [0.1, 0.15) is 142 Å². The van der Waals surface area contributed by atoms with Gasteiger partial charge >= 0.3 is 0 Å². The lowest BCUT2D eigenvalue weighted by Gasteiger charge is -2.16. The van der Waals surface area contributed by atoms with Crippen LogP contribution in [-0.2, 0) is 4.79 Å². The molecule has 1 nitrogen and oxygen atoms in total. The summed E-state index contributed by atoms with van der Waals surface area (Å²) in [7, 11) is 0. The molecule has 156 valence electrons. The number of hydrogen-bond acceptors (Lipinski definition) is 1. The summed E-state index contributed by atoms with van der Waals surface area (Å²) in [5.74, 6) is 0.720. The molecule has 0 saturated heterocycles. The van der Waals surface area contributed by atoms with Crippen molar-refractivity contribution < 1.29 is 4.79 Å². The minimum absolute atomic E-state index is 0.151. The van der Waals surface area contributed by atoms with Gasteiger partial charge in [0.25, 0.3) is 0 Å². The van der Waals surface area contributed by atoms with Gasteiger partial charge in [-0.15, -0.1) is 0 Å². The monoisotopic (exact) mass is 386 g/mol. The van der Waals surface area contributed by atoms with Crippen LogP contribution < -0.4 is 0 Å². The minimum Gasteiger partial charge on any atom is -0.281 e. The molecule has 0 atom stereocenters. The summed E-state index contributed by atoms with van der Waals surface area (Å²) >= 11 is 5.57. The van der Waals surface area contributed by atoms with Crippen molar-refractivity contribution in [2.45, 2.75) is 142 Å². The minimum atomic E-state index is -0.151. The molecule has 0 unspecified atom stereocenters. The van der Waals surface area contributed by atoms with Gasteiger partial charge < -0.3 is 0 Å². The molecule has 0 aliphatic carbocycles. The Morgan fingerprint density at radius 2 is 0.923 bits per heavy atom. The molecule has 0 bridgehead atoms. The quantitative estimate of drug-likeness (QED) is 0.142. The number of halogens is 1. The van der Waals surface area contributed by atoms with Crippen molar-refractivity contribution in [1.29, 1.82) is 0 Å². The van der Waals surface area contributed by atoms with Crippen LogP contribution in [0.25, 0.3) is 0 Å². The highest BCUT2D eigenvalue weighted by Crippen LogP contribution is 2.24. The highest BCUT2D eigenvalue weighted by Gasteiger charge is 2.10. The Morgan fingerprint density at radius 1 is 0.577 bits per heavy atom. The van der Waals surface area contributed by atoms with Gasteiger partial charge in [-0.3, -0.25) is 4.79 Å². The van der Waals surface area contributed by atoms with Crippen molar-refractivity contribution in [3.05, 3.63) is 0 Å². The van der Waals surface area contributed by atoms with Gasteiger partial charge in [0.2, 0.25) is 5.24 Å². The molecule has 0 saturated carbocycles. The fourth-order valence-corrected chi connectivity index (χ4v) is 3.99. The van der Waals surface area contributed by atoms with Gasteiger partial charge in [0, 0.05) is 6.42 Å². The van der Waals surface area contributed by atoms with Crippen molar-refractivity contribution in [2.24, 2.45) is 5.92 Å². The summed E-state index contributed by atoms with van der Waals surface area (Å²) in [4.78, 5) is 11.1. The number of rotatable bonds is 21. The molecule has 0 rings (SSSR count). The van der Waals surface area contributed by atoms with Crippen molar-refractivity contribution in [3.63, 3.8) is 0 Å². The lowest BCUT2D eigenvalue weighted by molar-refractivity contribution is -0.112. The largest absolute Gasteiger partial charge is 0.281 e. The Bertz CT molecular complexity index is 270. The molecule has 0 spiro atoms. The number of carbonyl (C=O) groups is 1. The number of carbonyl (C=O) groups excluding carboxylic acids is 1. The third-order valence-corrected chi connectivity index (χ3v) is 5.87. The molecule has 0 amide bonds. The first-order valence-electron chi connectivity index (χ1n) is 11.9. The molecule has 0 aliphatic heterocycles. The van der Waals surface area contributed by atoms with Gasteiger partial charge in [0.05, 0.1) is 0 Å². The molecule has 0 radical (unpaired) electrons. The van der Waals surface area contributed by atoms with Crippen LogP contribution in [0.2, 0.25) is 0 Å². The van der Waals surface area contributed by atoms with E-state index in [2.05, 4.69) is 13.8 Å². The number of hydrogen-bond donors (Lipinski definition) is 0. The van der Waals surface area contributed by atoms with Crippen LogP contribution in [0.4, 0.5) is 0 Å². The van der Waals surface area contributed by atoms with Crippen LogP contribution in [0.3, 0.4) is 0 Å². The summed E-state index contributed by atoms with van der Waals surface area (Å²) in [5.41, 5.74) is 0. The van der Waals surface area contributed by atoms with Crippen molar-refractivity contribution in [2.75, 3.05) is 0 Å². The van der Waals surface area contributed by atoms with Gasteiger partial charge in [0.1, 0.15) is 0 Å². The number of unbranched alkanes of at least 4 members (excludes halogenated alkanes) is 14. The Kier molecular flexibility index (Phi) is 21.2. The van der Waals surface area contributed by atoms with Gasteiger partial charge in [-0.05, 0) is 23.9 Å². The van der Waals surface area contributed by atoms with Gasteiger partial charge in [-0.25, -0.2) is 0 Å². The Balaban J connectivity index is 3.68. The van der Waals surface area contributed by atoms with Crippen LogP contribution >= 0.6 is 11.6 Å². The average Bonchev–Trinajstić information content (AvgIpc) is 2.63. The smallest absolute Gasteiger partial charge is 0.221 e. The van der Waals surface area contributed by atoms with E-state index in [-0.39, 0.29) is 5.24 Å². The Morgan fingerprint density at radius 3 is 1.27 bits per heavy atom. The molecule has 0 heterocycles. The van der Waals surface area contributed by atoms with E-state index in [1.165, 1.54) is 116 Å². The molecule has 0 N–H and O–H groups in total. The second-order valence-electron chi connectivity index (χ2n) is 8.29. The molecule has 0 aromatic rings. The average molecular weight is 387 g/mol. The molecular formula is C24H47ClO. The van der Waals surface area contributed by atoms with E-state index >= 15 is 0 Å². The van der Waals surface area contributed by atoms with Crippen LogP contribution in [-0.4, -0.2) is 5.24 Å². The molecule has 0 aliphatic rings. The molecular weight excluding hydrogens is 340 g/mol. The molecule has 26 heavy (non-hydrogen) atoms. The summed E-state index contributed by atoms with van der Waals surface area (Å²) in [6.45, 7) is 4.55. The van der Waals surface area contributed by atoms with Crippen molar-refractivity contribution in [1.82, 2.24) is 0 Å². The maximum Gasteiger partial charge on any atom is 0.221 e. The van der Waals surface area contributed by atoms with Crippen molar-refractivity contribution >= 4 is 16.8 Å². The van der Waals surface area contributed by atoms with E-state index in [4.69, 9.17) is 11.6 Å². The van der Waals surface area contributed by atoms with Gasteiger partial charge in [0.15, 0.2) is 0 Å². The first kappa shape index (κ1) is 26.0. The zero-order chi connectivity index (χ0) is 19.3. The van der Waals surface area contributed by atoms with Crippen LogP contribution in [0.15, 0.2) is 0 Å². The second-order valence-corrected chi connectivity index (χ2v) is 8.71. The maximum atomic E-state index is 11.1. The van der Waals surface area contributed by atoms with E-state index in [1.54, 1.807) is 0 Å². The van der Waals surface area contributed by atoms with E-state index < -0.39 is 0 Å². The topological polar surface area (TPSA) is 17.1 Å². The summed E-state index contributed by atoms with van der Waals surface area (Å²) in [6.07, 6.45) is 26.3. The Labute approximate surface area is 170 Å². The maximum absolute atomic E-state index is 11.1. The fraction of sp³-hybridized carbons (Fsp3) is 0.958. The lowest BCUT2D eigenvalue weighted by Crippen LogP contribution is -2.03. The van der Waals surface area contributed by atoms with Crippen molar-refractivity contribution in [3.8, 4) is 0 Å². The highest BCUT2D eigenvalue weighted by molar-refractivity contribution is 6.63. The highest BCUT2D eigenvalue weighted by atomic mass is 35.5. The lowest BCUT2D eigenvalue weighted by atomic mass is 9.90. The molecule has 0 aromatic carbocycles. The predicted molar refractivity (Wildman–Crippen MR) is 118 cm³/mol. The van der Waals surface area contributed by atoms with E-state index in [0.29, 0.717) is 6.42 Å². The van der Waals surface area contributed by atoms with E-state index in [0.717, 1.165) is 12.3 Å². The second kappa shape index (κ2) is 21.3. The van der Waals surface area contributed by atoms with E-state index in [9.17, 15) is 4.79 Å². The zero-order valence-corrected chi connectivity index (χ0v) is 18.8. The normalized spacial score (nSPS) is 11.4. The van der Waals surface area contributed by atoms with E-state index in [1.807, 2.05) is 0 Å². The first-order valence-corrected chi connectivity index (χ1v) is 12.3. The molecule has 0 fully saturated rings.